The van der Waals surface area contributed by atoms with Crippen LogP contribution in [-0.4, -0.2) is 52.5 Å². The molecule has 0 radical (unpaired) electrons. The standard InChI is InChI=1S/C11H16N4O3/c1-7-8(10(17)18)6-13-11(14-7)12-5-4-9(16)15(2)3/h6H,4-5H2,1-3H3,(H,17,18)(H,12,13,14). The van der Waals surface area contributed by atoms with Crippen LogP contribution in [0, 0.1) is 6.92 Å². The molecule has 18 heavy (non-hydrogen) atoms. The number of nitrogens with zero attached hydrogens (tertiary/aromatic N) is 3. The van der Waals surface area contributed by atoms with Crippen LogP contribution in [0.5, 0.6) is 0 Å². The van der Waals surface area contributed by atoms with Gasteiger partial charge in [-0.15, -0.1) is 0 Å². The van der Waals surface area contributed by atoms with Gasteiger partial charge in [0.1, 0.15) is 0 Å². The molecule has 7 nitrogen and oxygen atoms in total. The van der Waals surface area contributed by atoms with Crippen molar-refractivity contribution in [3.8, 4) is 0 Å². The molecule has 0 bridgehead atoms. The van der Waals surface area contributed by atoms with Crippen LogP contribution in [-0.2, 0) is 4.79 Å². The third-order valence-electron chi connectivity index (χ3n) is 2.33. The van der Waals surface area contributed by atoms with Gasteiger partial charge in [-0.25, -0.2) is 14.8 Å². The Bertz CT molecular complexity index is 460. The van der Waals surface area contributed by atoms with E-state index in [4.69, 9.17) is 5.11 Å². The van der Waals surface area contributed by atoms with E-state index in [1.54, 1.807) is 21.0 Å². The molecular weight excluding hydrogens is 236 g/mol. The Balaban J connectivity index is 2.57. The van der Waals surface area contributed by atoms with Gasteiger partial charge >= 0.3 is 5.97 Å². The minimum Gasteiger partial charge on any atom is -0.478 e. The normalized spacial score (nSPS) is 9.94. The molecule has 0 spiro atoms. The summed E-state index contributed by atoms with van der Waals surface area (Å²) in [5.74, 6) is -0.729. The molecule has 1 heterocycles. The topological polar surface area (TPSA) is 95.4 Å². The molecule has 0 unspecified atom stereocenters. The lowest BCUT2D eigenvalue weighted by Gasteiger charge is -2.10. The molecule has 0 aromatic carbocycles. The molecule has 0 aliphatic rings. The molecule has 0 saturated carbocycles. The van der Waals surface area contributed by atoms with Gasteiger partial charge in [0.2, 0.25) is 11.9 Å². The molecule has 1 rings (SSSR count). The van der Waals surface area contributed by atoms with Crippen LogP contribution >= 0.6 is 0 Å². The fraction of sp³-hybridized carbons (Fsp3) is 0.455. The third kappa shape index (κ3) is 3.69. The maximum atomic E-state index is 11.3. The summed E-state index contributed by atoms with van der Waals surface area (Å²) in [7, 11) is 3.37. The average molecular weight is 252 g/mol. The number of amides is 1. The largest absolute Gasteiger partial charge is 0.478 e. The number of aromatic carboxylic acids is 1. The van der Waals surface area contributed by atoms with Crippen molar-refractivity contribution in [2.45, 2.75) is 13.3 Å². The van der Waals surface area contributed by atoms with Crippen LogP contribution in [0.25, 0.3) is 0 Å². The Labute approximate surface area is 105 Å². The second-order valence-corrected chi connectivity index (χ2v) is 3.96. The molecule has 0 aliphatic heterocycles. The first-order chi connectivity index (χ1) is 8.41. The van der Waals surface area contributed by atoms with Crippen molar-refractivity contribution in [3.05, 3.63) is 17.5 Å². The number of rotatable bonds is 5. The van der Waals surface area contributed by atoms with E-state index < -0.39 is 5.97 Å². The number of aromatic nitrogens is 2. The Morgan fingerprint density at radius 2 is 2.11 bits per heavy atom. The predicted molar refractivity (Wildman–Crippen MR) is 65.5 cm³/mol. The van der Waals surface area contributed by atoms with Gasteiger partial charge in [-0.1, -0.05) is 0 Å². The number of carboxylic acids is 1. The van der Waals surface area contributed by atoms with Crippen molar-refractivity contribution in [1.82, 2.24) is 14.9 Å². The van der Waals surface area contributed by atoms with E-state index in [0.717, 1.165) is 0 Å². The van der Waals surface area contributed by atoms with Crippen LogP contribution in [0.2, 0.25) is 0 Å². The second-order valence-electron chi connectivity index (χ2n) is 3.96. The zero-order chi connectivity index (χ0) is 13.7. The highest BCUT2D eigenvalue weighted by atomic mass is 16.4. The molecule has 0 fully saturated rings. The summed E-state index contributed by atoms with van der Waals surface area (Å²) in [6.45, 7) is 2.00. The zero-order valence-corrected chi connectivity index (χ0v) is 10.6. The lowest BCUT2D eigenvalue weighted by atomic mass is 10.2. The maximum Gasteiger partial charge on any atom is 0.339 e. The second kappa shape index (κ2) is 5.95. The number of carbonyl (C=O) groups excluding carboxylic acids is 1. The summed E-state index contributed by atoms with van der Waals surface area (Å²) >= 11 is 0. The number of anilines is 1. The molecule has 2 N–H and O–H groups in total. The number of carboxylic acid groups (broad SMARTS) is 1. The molecule has 1 aromatic rings. The summed E-state index contributed by atoms with van der Waals surface area (Å²) in [6, 6.07) is 0. The highest BCUT2D eigenvalue weighted by molar-refractivity contribution is 5.88. The lowest BCUT2D eigenvalue weighted by Crippen LogP contribution is -2.24. The molecule has 0 saturated heterocycles. The van der Waals surface area contributed by atoms with E-state index in [-0.39, 0.29) is 11.5 Å². The summed E-state index contributed by atoms with van der Waals surface area (Å²) in [5.41, 5.74) is 0.462. The Morgan fingerprint density at radius 1 is 1.44 bits per heavy atom. The van der Waals surface area contributed by atoms with Gasteiger partial charge in [0.15, 0.2) is 0 Å². The van der Waals surface area contributed by atoms with Gasteiger partial charge in [-0.3, -0.25) is 4.79 Å². The molecule has 98 valence electrons. The third-order valence-corrected chi connectivity index (χ3v) is 2.33. The van der Waals surface area contributed by atoms with Gasteiger partial charge in [0.05, 0.1) is 11.3 Å². The zero-order valence-electron chi connectivity index (χ0n) is 10.6. The van der Waals surface area contributed by atoms with Gasteiger partial charge in [0.25, 0.3) is 0 Å². The average Bonchev–Trinajstić information content (AvgIpc) is 2.28. The van der Waals surface area contributed by atoms with Crippen molar-refractivity contribution in [1.29, 1.82) is 0 Å². The molecule has 0 aliphatic carbocycles. The summed E-state index contributed by atoms with van der Waals surface area (Å²) in [6.07, 6.45) is 1.58. The van der Waals surface area contributed by atoms with Crippen molar-refractivity contribution in [2.24, 2.45) is 0 Å². The quantitative estimate of drug-likeness (QED) is 0.786. The van der Waals surface area contributed by atoms with Crippen molar-refractivity contribution in [3.63, 3.8) is 0 Å². The Morgan fingerprint density at radius 3 is 2.61 bits per heavy atom. The van der Waals surface area contributed by atoms with Gasteiger partial charge < -0.3 is 15.3 Å². The molecule has 1 amide bonds. The van der Waals surface area contributed by atoms with E-state index in [2.05, 4.69) is 15.3 Å². The number of hydrogen-bond acceptors (Lipinski definition) is 5. The molecule has 0 atom stereocenters. The number of aryl methyl sites for hydroxylation is 1. The number of hydrogen-bond donors (Lipinski definition) is 2. The van der Waals surface area contributed by atoms with Crippen LogP contribution < -0.4 is 5.32 Å². The van der Waals surface area contributed by atoms with E-state index in [9.17, 15) is 9.59 Å². The van der Waals surface area contributed by atoms with E-state index in [1.807, 2.05) is 0 Å². The summed E-state index contributed by atoms with van der Waals surface area (Å²) in [4.78, 5) is 31.5. The molecular formula is C11H16N4O3. The fourth-order valence-electron chi connectivity index (χ4n) is 1.27. The van der Waals surface area contributed by atoms with Crippen molar-refractivity contribution in [2.75, 3.05) is 26.0 Å². The van der Waals surface area contributed by atoms with Crippen LogP contribution in [0.3, 0.4) is 0 Å². The first-order valence-corrected chi connectivity index (χ1v) is 5.42. The van der Waals surface area contributed by atoms with Crippen LogP contribution in [0.4, 0.5) is 5.95 Å². The van der Waals surface area contributed by atoms with Gasteiger partial charge in [-0.05, 0) is 6.92 Å². The first-order valence-electron chi connectivity index (χ1n) is 5.42. The minimum atomic E-state index is -1.05. The minimum absolute atomic E-state index is 0.00128. The Kier molecular flexibility index (Phi) is 4.59. The fourth-order valence-corrected chi connectivity index (χ4v) is 1.27. The Hall–Kier alpha value is -2.18. The molecule has 1 aromatic heterocycles. The van der Waals surface area contributed by atoms with Crippen molar-refractivity contribution >= 4 is 17.8 Å². The maximum absolute atomic E-state index is 11.3. The molecule has 7 heteroatoms. The van der Waals surface area contributed by atoms with Crippen LogP contribution in [0.15, 0.2) is 6.20 Å². The predicted octanol–water partition coefficient (Wildman–Crippen LogP) is 0.373. The lowest BCUT2D eigenvalue weighted by molar-refractivity contribution is -0.128. The highest BCUT2D eigenvalue weighted by Crippen LogP contribution is 2.06. The van der Waals surface area contributed by atoms with E-state index in [0.29, 0.717) is 24.6 Å². The first kappa shape index (κ1) is 13.9. The highest BCUT2D eigenvalue weighted by Gasteiger charge is 2.10. The monoisotopic (exact) mass is 252 g/mol. The SMILES string of the molecule is Cc1nc(NCCC(=O)N(C)C)ncc1C(=O)O. The van der Waals surface area contributed by atoms with Gasteiger partial charge in [0, 0.05) is 33.3 Å². The number of nitrogens with one attached hydrogen (secondary N) is 1. The summed E-state index contributed by atoms with van der Waals surface area (Å²) < 4.78 is 0. The number of carbonyl (C=O) groups is 2. The van der Waals surface area contributed by atoms with Crippen LogP contribution in [0.1, 0.15) is 22.5 Å². The summed E-state index contributed by atoms with van der Waals surface area (Å²) in [5, 5.41) is 11.7. The van der Waals surface area contributed by atoms with Gasteiger partial charge in [-0.2, -0.15) is 0 Å². The smallest absolute Gasteiger partial charge is 0.339 e. The van der Waals surface area contributed by atoms with E-state index >= 15 is 0 Å². The van der Waals surface area contributed by atoms with E-state index in [1.165, 1.54) is 11.1 Å². The van der Waals surface area contributed by atoms with Crippen molar-refractivity contribution < 1.29 is 14.7 Å².